The number of halogens is 3. The molecule has 0 radical (unpaired) electrons. The van der Waals surface area contributed by atoms with Crippen LogP contribution in [0.3, 0.4) is 0 Å². The summed E-state index contributed by atoms with van der Waals surface area (Å²) >= 11 is 15.8. The smallest absolute Gasteiger partial charge is 0.115 e. The Bertz CT molecular complexity index is 811. The van der Waals surface area contributed by atoms with Gasteiger partial charge in [-0.3, -0.25) is 4.57 Å². The number of aromatic nitrogens is 2. The standard InChI is InChI=1S/C16H13BrCl2N2/c1-10-4-2-6-12-16(10)21(14(20-12)8-9-18)13-7-3-5-11(19)15(13)17/h2-7H,8-9H2,1H3. The van der Waals surface area contributed by atoms with Crippen LogP contribution in [0.25, 0.3) is 16.7 Å². The van der Waals surface area contributed by atoms with Gasteiger partial charge in [-0.25, -0.2) is 4.98 Å². The van der Waals surface area contributed by atoms with Crippen LogP contribution >= 0.6 is 39.1 Å². The Morgan fingerprint density at radius 3 is 2.71 bits per heavy atom. The van der Waals surface area contributed by atoms with Crippen molar-refractivity contribution in [2.24, 2.45) is 0 Å². The summed E-state index contributed by atoms with van der Waals surface area (Å²) in [5, 5.41) is 0.680. The molecule has 0 amide bonds. The van der Waals surface area contributed by atoms with Crippen molar-refractivity contribution in [3.8, 4) is 5.69 Å². The molecule has 3 aromatic rings. The number of benzene rings is 2. The summed E-state index contributed by atoms with van der Waals surface area (Å²) in [5.74, 6) is 1.47. The number of rotatable bonds is 3. The van der Waals surface area contributed by atoms with Gasteiger partial charge in [-0.2, -0.15) is 0 Å². The minimum absolute atomic E-state index is 0.528. The number of para-hydroxylation sites is 1. The Morgan fingerprint density at radius 1 is 1.19 bits per heavy atom. The van der Waals surface area contributed by atoms with Crippen molar-refractivity contribution in [3.05, 3.63) is 57.3 Å². The van der Waals surface area contributed by atoms with Crippen molar-refractivity contribution >= 4 is 50.2 Å². The molecule has 21 heavy (non-hydrogen) atoms. The summed E-state index contributed by atoms with van der Waals surface area (Å²) in [4.78, 5) is 4.73. The molecule has 1 heterocycles. The van der Waals surface area contributed by atoms with Gasteiger partial charge in [0.05, 0.1) is 26.2 Å². The summed E-state index contributed by atoms with van der Waals surface area (Å²) in [6.07, 6.45) is 0.703. The first kappa shape index (κ1) is 14.9. The zero-order valence-electron chi connectivity index (χ0n) is 11.4. The van der Waals surface area contributed by atoms with E-state index in [2.05, 4.69) is 33.5 Å². The van der Waals surface area contributed by atoms with Crippen LogP contribution < -0.4 is 0 Å². The first-order chi connectivity index (χ1) is 10.1. The molecule has 5 heteroatoms. The molecular formula is C16H13BrCl2N2. The molecule has 108 valence electrons. The minimum atomic E-state index is 0.528. The predicted molar refractivity (Wildman–Crippen MR) is 92.9 cm³/mol. The third-order valence-corrected chi connectivity index (χ3v) is 5.00. The normalized spacial score (nSPS) is 11.2. The third kappa shape index (κ3) is 2.59. The Hall–Kier alpha value is -1.03. The van der Waals surface area contributed by atoms with Gasteiger partial charge >= 0.3 is 0 Å². The van der Waals surface area contributed by atoms with E-state index in [0.717, 1.165) is 27.0 Å². The number of hydrogen-bond acceptors (Lipinski definition) is 1. The largest absolute Gasteiger partial charge is 0.295 e. The van der Waals surface area contributed by atoms with Crippen LogP contribution in [-0.4, -0.2) is 15.4 Å². The van der Waals surface area contributed by atoms with E-state index >= 15 is 0 Å². The summed E-state index contributed by atoms with van der Waals surface area (Å²) in [5.41, 5.74) is 4.23. The maximum absolute atomic E-state index is 6.24. The highest BCUT2D eigenvalue weighted by atomic mass is 79.9. The van der Waals surface area contributed by atoms with E-state index in [9.17, 15) is 0 Å². The zero-order chi connectivity index (χ0) is 15.0. The van der Waals surface area contributed by atoms with Gasteiger partial charge in [0.25, 0.3) is 0 Å². The monoisotopic (exact) mass is 382 g/mol. The van der Waals surface area contributed by atoms with Gasteiger partial charge in [0.15, 0.2) is 0 Å². The molecule has 0 aliphatic rings. The maximum Gasteiger partial charge on any atom is 0.115 e. The lowest BCUT2D eigenvalue weighted by Gasteiger charge is -2.12. The fraction of sp³-hybridized carbons (Fsp3) is 0.188. The van der Waals surface area contributed by atoms with Crippen molar-refractivity contribution in [1.29, 1.82) is 0 Å². The number of aryl methyl sites for hydroxylation is 2. The molecule has 0 fully saturated rings. The molecule has 0 unspecified atom stereocenters. The highest BCUT2D eigenvalue weighted by Gasteiger charge is 2.16. The van der Waals surface area contributed by atoms with Crippen molar-refractivity contribution in [2.45, 2.75) is 13.3 Å². The van der Waals surface area contributed by atoms with E-state index in [1.165, 1.54) is 5.56 Å². The molecule has 0 spiro atoms. The average molecular weight is 384 g/mol. The highest BCUT2D eigenvalue weighted by molar-refractivity contribution is 9.10. The molecule has 2 nitrogen and oxygen atoms in total. The zero-order valence-corrected chi connectivity index (χ0v) is 14.5. The molecular weight excluding hydrogens is 371 g/mol. The van der Waals surface area contributed by atoms with Crippen molar-refractivity contribution in [3.63, 3.8) is 0 Å². The molecule has 0 atom stereocenters. The second kappa shape index (κ2) is 5.99. The highest BCUT2D eigenvalue weighted by Crippen LogP contribution is 2.33. The van der Waals surface area contributed by atoms with Crippen molar-refractivity contribution in [2.75, 3.05) is 5.88 Å². The van der Waals surface area contributed by atoms with Crippen LogP contribution in [-0.2, 0) is 6.42 Å². The van der Waals surface area contributed by atoms with E-state index in [4.69, 9.17) is 28.2 Å². The van der Waals surface area contributed by atoms with Crippen LogP contribution in [0.1, 0.15) is 11.4 Å². The number of nitrogens with zero attached hydrogens (tertiary/aromatic N) is 2. The van der Waals surface area contributed by atoms with E-state index in [1.807, 2.05) is 30.3 Å². The van der Waals surface area contributed by atoms with Crippen LogP contribution in [0.2, 0.25) is 5.02 Å². The van der Waals surface area contributed by atoms with E-state index in [-0.39, 0.29) is 0 Å². The quantitative estimate of drug-likeness (QED) is 0.543. The maximum atomic E-state index is 6.24. The van der Waals surface area contributed by atoms with Crippen molar-refractivity contribution < 1.29 is 0 Å². The number of imidazole rings is 1. The summed E-state index contributed by atoms with van der Waals surface area (Å²) < 4.78 is 3.01. The fourth-order valence-corrected chi connectivity index (χ4v) is 3.30. The lowest BCUT2D eigenvalue weighted by Crippen LogP contribution is -2.04. The Labute approximate surface area is 141 Å². The summed E-state index contributed by atoms with van der Waals surface area (Å²) in [6, 6.07) is 12.0. The van der Waals surface area contributed by atoms with Crippen LogP contribution in [0.15, 0.2) is 40.9 Å². The predicted octanol–water partition coefficient (Wildman–Crippen LogP) is 5.53. The molecule has 3 rings (SSSR count). The second-order valence-electron chi connectivity index (χ2n) is 4.82. The van der Waals surface area contributed by atoms with Gasteiger partial charge < -0.3 is 0 Å². The molecule has 0 bridgehead atoms. The Kier molecular flexibility index (Phi) is 4.25. The molecule has 0 saturated heterocycles. The Morgan fingerprint density at radius 2 is 1.95 bits per heavy atom. The van der Waals surface area contributed by atoms with Gasteiger partial charge in [0.1, 0.15) is 5.82 Å². The number of hydrogen-bond donors (Lipinski definition) is 0. The van der Waals surface area contributed by atoms with E-state index in [1.54, 1.807) is 0 Å². The minimum Gasteiger partial charge on any atom is -0.295 e. The van der Waals surface area contributed by atoms with Gasteiger partial charge in [-0.05, 0) is 46.6 Å². The lowest BCUT2D eigenvalue weighted by molar-refractivity contribution is 0.908. The lowest BCUT2D eigenvalue weighted by atomic mass is 10.2. The molecule has 0 saturated carbocycles. The SMILES string of the molecule is Cc1cccc2nc(CCCl)n(-c3cccc(Cl)c3Br)c12. The van der Waals surface area contributed by atoms with Gasteiger partial charge in [0, 0.05) is 12.3 Å². The van der Waals surface area contributed by atoms with Gasteiger partial charge in [-0.15, -0.1) is 11.6 Å². The van der Waals surface area contributed by atoms with Gasteiger partial charge in [-0.1, -0.05) is 29.8 Å². The van der Waals surface area contributed by atoms with E-state index < -0.39 is 0 Å². The molecule has 2 aromatic carbocycles. The van der Waals surface area contributed by atoms with E-state index in [0.29, 0.717) is 17.3 Å². The summed E-state index contributed by atoms with van der Waals surface area (Å²) in [6.45, 7) is 2.09. The second-order valence-corrected chi connectivity index (χ2v) is 6.40. The molecule has 0 aliphatic heterocycles. The molecule has 0 N–H and O–H groups in total. The first-order valence-electron chi connectivity index (χ1n) is 6.60. The summed E-state index contributed by atoms with van der Waals surface area (Å²) in [7, 11) is 0. The van der Waals surface area contributed by atoms with Crippen LogP contribution in [0.5, 0.6) is 0 Å². The number of fused-ring (bicyclic) bond motifs is 1. The van der Waals surface area contributed by atoms with Crippen LogP contribution in [0.4, 0.5) is 0 Å². The third-order valence-electron chi connectivity index (χ3n) is 3.44. The Balaban J connectivity index is 2.39. The van der Waals surface area contributed by atoms with Crippen molar-refractivity contribution in [1.82, 2.24) is 9.55 Å². The van der Waals surface area contributed by atoms with Gasteiger partial charge in [0.2, 0.25) is 0 Å². The van der Waals surface area contributed by atoms with Crippen LogP contribution in [0, 0.1) is 6.92 Å². The number of alkyl halides is 1. The fourth-order valence-electron chi connectivity index (χ4n) is 2.52. The molecule has 0 aliphatic carbocycles. The average Bonchev–Trinajstić information content (AvgIpc) is 2.82. The topological polar surface area (TPSA) is 17.8 Å². The first-order valence-corrected chi connectivity index (χ1v) is 8.31. The molecule has 1 aromatic heterocycles.